The van der Waals surface area contributed by atoms with Crippen LogP contribution in [0.3, 0.4) is 0 Å². The van der Waals surface area contributed by atoms with Gasteiger partial charge in [0, 0.05) is 35.6 Å². The summed E-state index contributed by atoms with van der Waals surface area (Å²) >= 11 is 0. The van der Waals surface area contributed by atoms with Crippen molar-refractivity contribution in [3.8, 4) is 11.1 Å². The zero-order valence-electron chi connectivity index (χ0n) is 17.1. The van der Waals surface area contributed by atoms with Crippen LogP contribution in [0, 0.1) is 36.4 Å². The van der Waals surface area contributed by atoms with Gasteiger partial charge in [-0.15, -0.1) is 0 Å². The number of cyclic esters (lactones) is 1. The van der Waals surface area contributed by atoms with Crippen molar-refractivity contribution in [1.29, 1.82) is 0 Å². The van der Waals surface area contributed by atoms with Crippen LogP contribution in [-0.2, 0) is 9.53 Å². The quantitative estimate of drug-likeness (QED) is 0.606. The topological polar surface area (TPSA) is 39.2 Å². The molecule has 1 saturated heterocycles. The highest BCUT2D eigenvalue weighted by molar-refractivity contribution is 5.76. The van der Waals surface area contributed by atoms with E-state index in [1.165, 1.54) is 6.92 Å². The van der Waals surface area contributed by atoms with Crippen molar-refractivity contribution in [3.05, 3.63) is 59.7 Å². The van der Waals surface area contributed by atoms with E-state index < -0.39 is 42.2 Å². The lowest BCUT2D eigenvalue weighted by atomic mass is 9.64. The number of nitrogens with zero attached hydrogens (tertiary/aromatic N) is 1. The number of rotatable bonds is 3. The summed E-state index contributed by atoms with van der Waals surface area (Å²) in [5, 5.41) is 0. The summed E-state index contributed by atoms with van der Waals surface area (Å²) in [6.07, 6.45) is 4.15. The number of alkyl halides is 2. The molecule has 0 amide bonds. The van der Waals surface area contributed by atoms with Crippen LogP contribution in [0.15, 0.2) is 42.6 Å². The molecule has 5 unspecified atom stereocenters. The minimum absolute atomic E-state index is 0.274. The van der Waals surface area contributed by atoms with E-state index in [-0.39, 0.29) is 11.7 Å². The number of fused-ring (bicyclic) bond motifs is 1. The number of halogens is 3. The molecule has 1 aromatic heterocycles. The number of allylic oxidation sites excluding steroid dienone is 1. The first-order valence-electron chi connectivity index (χ1n) is 10.2. The average molecular weight is 415 g/mol. The molecule has 1 aromatic carbocycles. The molecular formula is C24H24F3NO2. The van der Waals surface area contributed by atoms with Crippen LogP contribution in [-0.4, -0.2) is 23.0 Å². The Labute approximate surface area is 174 Å². The molecule has 2 fully saturated rings. The predicted octanol–water partition coefficient (Wildman–Crippen LogP) is 5.68. The van der Waals surface area contributed by atoms with Gasteiger partial charge in [-0.1, -0.05) is 37.3 Å². The van der Waals surface area contributed by atoms with E-state index in [0.29, 0.717) is 22.4 Å². The van der Waals surface area contributed by atoms with Gasteiger partial charge in [0.2, 0.25) is 0 Å². The van der Waals surface area contributed by atoms with Crippen LogP contribution in [0.5, 0.6) is 0 Å². The first-order valence-corrected chi connectivity index (χ1v) is 10.2. The van der Waals surface area contributed by atoms with Gasteiger partial charge in [0.15, 0.2) is 0 Å². The van der Waals surface area contributed by atoms with E-state index in [1.807, 2.05) is 0 Å². The lowest BCUT2D eigenvalue weighted by Gasteiger charge is -2.41. The maximum Gasteiger partial charge on any atom is 0.309 e. The number of benzene rings is 1. The average Bonchev–Trinajstić information content (AvgIpc) is 2.97. The van der Waals surface area contributed by atoms with Gasteiger partial charge in [0.25, 0.3) is 5.92 Å². The highest BCUT2D eigenvalue weighted by Gasteiger charge is 2.59. The third-order valence-electron chi connectivity index (χ3n) is 6.57. The lowest BCUT2D eigenvalue weighted by Crippen LogP contribution is -2.46. The second kappa shape index (κ2) is 7.56. The Kier molecular flexibility index (Phi) is 5.20. The van der Waals surface area contributed by atoms with Gasteiger partial charge < -0.3 is 4.74 Å². The minimum Gasteiger partial charge on any atom is -0.462 e. The smallest absolute Gasteiger partial charge is 0.309 e. The molecule has 1 aliphatic carbocycles. The molecule has 158 valence electrons. The summed E-state index contributed by atoms with van der Waals surface area (Å²) in [6.45, 7) is 5.00. The van der Waals surface area contributed by atoms with Gasteiger partial charge in [0.05, 0.1) is 11.6 Å². The molecule has 30 heavy (non-hydrogen) atoms. The van der Waals surface area contributed by atoms with Crippen molar-refractivity contribution in [2.45, 2.75) is 39.2 Å². The van der Waals surface area contributed by atoms with Crippen molar-refractivity contribution in [2.75, 3.05) is 0 Å². The Balaban J connectivity index is 1.59. The van der Waals surface area contributed by atoms with Gasteiger partial charge in [-0.05, 0) is 37.5 Å². The fraction of sp³-hybridized carbons (Fsp3) is 0.417. The summed E-state index contributed by atoms with van der Waals surface area (Å²) in [6, 6.07) is 8.68. The van der Waals surface area contributed by atoms with Crippen LogP contribution >= 0.6 is 0 Å². The van der Waals surface area contributed by atoms with Crippen LogP contribution in [0.4, 0.5) is 13.2 Å². The maximum absolute atomic E-state index is 14.5. The lowest BCUT2D eigenvalue weighted by molar-refractivity contribution is -0.152. The molecule has 4 rings (SSSR count). The number of esters is 1. The Morgan fingerprint density at radius 2 is 1.97 bits per heavy atom. The summed E-state index contributed by atoms with van der Waals surface area (Å²) in [7, 11) is 0. The Bertz CT molecular complexity index is 986. The normalized spacial score (nSPS) is 30.3. The largest absolute Gasteiger partial charge is 0.462 e. The summed E-state index contributed by atoms with van der Waals surface area (Å²) in [5.74, 6) is -6.21. The second-order valence-corrected chi connectivity index (χ2v) is 8.42. The van der Waals surface area contributed by atoms with Crippen molar-refractivity contribution in [2.24, 2.45) is 23.7 Å². The molecule has 1 saturated carbocycles. The molecule has 1 aliphatic heterocycles. The number of carbonyl (C=O) groups is 1. The first kappa shape index (κ1) is 20.6. The number of hydrogen-bond acceptors (Lipinski definition) is 3. The SMILES string of the molecule is Cc1cccc(-c2ccc(/C=C/C3C4C(C)OC(=O)C4CC(F)(F)C3C)nc2)c1F. The van der Waals surface area contributed by atoms with E-state index in [2.05, 4.69) is 4.98 Å². The van der Waals surface area contributed by atoms with Crippen molar-refractivity contribution < 1.29 is 22.7 Å². The summed E-state index contributed by atoms with van der Waals surface area (Å²) in [5.41, 5.74) is 2.26. The zero-order valence-corrected chi connectivity index (χ0v) is 17.1. The van der Waals surface area contributed by atoms with E-state index >= 15 is 0 Å². The van der Waals surface area contributed by atoms with E-state index in [1.54, 1.807) is 62.5 Å². The van der Waals surface area contributed by atoms with E-state index in [9.17, 15) is 18.0 Å². The second-order valence-electron chi connectivity index (χ2n) is 8.42. The van der Waals surface area contributed by atoms with Gasteiger partial charge in [-0.25, -0.2) is 13.2 Å². The van der Waals surface area contributed by atoms with E-state index in [4.69, 9.17) is 4.74 Å². The highest BCUT2D eigenvalue weighted by atomic mass is 19.3. The molecular weight excluding hydrogens is 391 g/mol. The van der Waals surface area contributed by atoms with Gasteiger partial charge in [0.1, 0.15) is 11.9 Å². The summed E-state index contributed by atoms with van der Waals surface area (Å²) in [4.78, 5) is 16.4. The molecule has 5 atom stereocenters. The molecule has 0 radical (unpaired) electrons. The minimum atomic E-state index is -2.93. The number of carbonyl (C=O) groups excluding carboxylic acids is 1. The number of hydrogen-bond donors (Lipinski definition) is 0. The molecule has 2 aromatic rings. The molecule has 0 spiro atoms. The molecule has 2 aliphatic rings. The van der Waals surface area contributed by atoms with Gasteiger partial charge >= 0.3 is 5.97 Å². The third-order valence-corrected chi connectivity index (χ3v) is 6.57. The number of ether oxygens (including phenoxy) is 1. The number of aromatic nitrogens is 1. The molecule has 0 bridgehead atoms. The Morgan fingerprint density at radius 3 is 2.67 bits per heavy atom. The van der Waals surface area contributed by atoms with Gasteiger partial charge in [-0.3, -0.25) is 9.78 Å². The standard InChI is InChI=1S/C24H24F3NO2/c1-13-5-4-6-19(22(13)25)16-7-8-17(28-12-16)9-10-18-14(2)24(26,27)11-20-21(18)15(3)30-23(20)29/h4-10,12,14-15,18,20-21H,11H2,1-3H3/b10-9+. The summed E-state index contributed by atoms with van der Waals surface area (Å²) < 4.78 is 48.7. The Hall–Kier alpha value is -2.63. The van der Waals surface area contributed by atoms with E-state index in [0.717, 1.165) is 0 Å². The zero-order chi connectivity index (χ0) is 21.6. The van der Waals surface area contributed by atoms with Crippen molar-refractivity contribution in [3.63, 3.8) is 0 Å². The fourth-order valence-electron chi connectivity index (χ4n) is 4.77. The van der Waals surface area contributed by atoms with Crippen molar-refractivity contribution in [1.82, 2.24) is 4.98 Å². The number of pyridine rings is 1. The highest BCUT2D eigenvalue weighted by Crippen LogP contribution is 2.52. The van der Waals surface area contributed by atoms with Crippen molar-refractivity contribution >= 4 is 12.0 Å². The third kappa shape index (κ3) is 3.53. The fourth-order valence-corrected chi connectivity index (χ4v) is 4.77. The van der Waals surface area contributed by atoms with Crippen LogP contribution in [0.1, 0.15) is 31.5 Å². The van der Waals surface area contributed by atoms with Crippen LogP contribution in [0.2, 0.25) is 0 Å². The molecule has 0 N–H and O–H groups in total. The predicted molar refractivity (Wildman–Crippen MR) is 108 cm³/mol. The van der Waals surface area contributed by atoms with Gasteiger partial charge in [-0.2, -0.15) is 0 Å². The maximum atomic E-state index is 14.5. The Morgan fingerprint density at radius 1 is 1.20 bits per heavy atom. The molecule has 6 heteroatoms. The number of aryl methyl sites for hydroxylation is 1. The molecule has 3 nitrogen and oxygen atoms in total. The van der Waals surface area contributed by atoms with Crippen LogP contribution < -0.4 is 0 Å². The molecule has 2 heterocycles. The monoisotopic (exact) mass is 415 g/mol. The van der Waals surface area contributed by atoms with Crippen LogP contribution in [0.25, 0.3) is 17.2 Å². The first-order chi connectivity index (χ1) is 14.2.